The van der Waals surface area contributed by atoms with Crippen LogP contribution in [0.2, 0.25) is 0 Å². The molecule has 0 aliphatic carbocycles. The van der Waals surface area contributed by atoms with Gasteiger partial charge in [-0.1, -0.05) is 36.4 Å². The van der Waals surface area contributed by atoms with E-state index in [-0.39, 0.29) is 0 Å². The molecule has 2 aromatic carbocycles. The molecule has 0 spiro atoms. The van der Waals surface area contributed by atoms with Crippen LogP contribution in [0.3, 0.4) is 0 Å². The van der Waals surface area contributed by atoms with Crippen LogP contribution in [-0.4, -0.2) is 16.8 Å². The molecule has 0 heterocycles. The molecule has 0 bridgehead atoms. The van der Waals surface area contributed by atoms with E-state index in [1.165, 1.54) is 0 Å². The molecule has 0 aromatic heterocycles. The van der Waals surface area contributed by atoms with E-state index in [9.17, 15) is 9.00 Å². The Balaban J connectivity index is 2.32. The molecule has 2 nitrogen and oxygen atoms in total. The minimum atomic E-state index is -0.945. The second-order valence-electron chi connectivity index (χ2n) is 3.72. The molecule has 0 fully saturated rings. The number of carbonyl (C=O) groups is 1. The molecule has 1 unspecified atom stereocenters. The molecule has 0 N–H and O–H groups in total. The quantitative estimate of drug-likeness (QED) is 0.778. The Labute approximate surface area is 103 Å². The molecule has 1 atom stereocenters. The van der Waals surface area contributed by atoms with Crippen LogP contribution in [0.25, 0.3) is 11.1 Å². The van der Waals surface area contributed by atoms with Gasteiger partial charge in [-0.25, -0.2) is 0 Å². The van der Waals surface area contributed by atoms with Gasteiger partial charge in [-0.05, 0) is 23.3 Å². The molecule has 0 aliphatic rings. The molecule has 2 rings (SSSR count). The monoisotopic (exact) mass is 244 g/mol. The predicted molar refractivity (Wildman–Crippen MR) is 69.6 cm³/mol. The Morgan fingerprint density at radius 2 is 1.35 bits per heavy atom. The van der Waals surface area contributed by atoms with Gasteiger partial charge in [0.25, 0.3) is 0 Å². The lowest BCUT2D eigenvalue weighted by atomic mass is 10.0. The highest BCUT2D eigenvalue weighted by molar-refractivity contribution is 7.84. The molecule has 3 heteroatoms. The topological polar surface area (TPSA) is 34.1 Å². The predicted octanol–water partition coefficient (Wildman–Crippen LogP) is 2.90. The van der Waals surface area contributed by atoms with Crippen molar-refractivity contribution in [3.63, 3.8) is 0 Å². The summed E-state index contributed by atoms with van der Waals surface area (Å²) in [7, 11) is -0.945. The summed E-state index contributed by atoms with van der Waals surface area (Å²) >= 11 is 0. The minimum Gasteiger partial charge on any atom is -0.298 e. The van der Waals surface area contributed by atoms with Gasteiger partial charge in [0.2, 0.25) is 0 Å². The molecule has 2 aromatic rings. The third-order valence-electron chi connectivity index (χ3n) is 2.57. The minimum absolute atomic E-state index is 0.667. The molecule has 17 heavy (non-hydrogen) atoms. The molecular weight excluding hydrogens is 232 g/mol. The first-order valence-corrected chi connectivity index (χ1v) is 6.75. The largest absolute Gasteiger partial charge is 0.298 e. The van der Waals surface area contributed by atoms with E-state index in [2.05, 4.69) is 0 Å². The maximum atomic E-state index is 11.2. The summed E-state index contributed by atoms with van der Waals surface area (Å²) in [5, 5.41) is 0. The van der Waals surface area contributed by atoms with Gasteiger partial charge in [-0.3, -0.25) is 9.00 Å². The van der Waals surface area contributed by atoms with Crippen molar-refractivity contribution in [3.05, 3.63) is 54.1 Å². The lowest BCUT2D eigenvalue weighted by Crippen LogP contribution is -1.87. The third-order valence-corrected chi connectivity index (χ3v) is 3.50. The average Bonchev–Trinajstić information content (AvgIpc) is 2.39. The van der Waals surface area contributed by atoms with Crippen LogP contribution in [0.1, 0.15) is 10.4 Å². The highest BCUT2D eigenvalue weighted by atomic mass is 32.2. The zero-order chi connectivity index (χ0) is 12.3. The van der Waals surface area contributed by atoms with Crippen LogP contribution in [0.15, 0.2) is 53.4 Å². The molecule has 0 saturated heterocycles. The van der Waals surface area contributed by atoms with E-state index in [0.29, 0.717) is 5.56 Å². The summed E-state index contributed by atoms with van der Waals surface area (Å²) in [4.78, 5) is 11.4. The van der Waals surface area contributed by atoms with Crippen LogP contribution in [0.4, 0.5) is 0 Å². The number of carbonyl (C=O) groups excluding carboxylic acids is 1. The van der Waals surface area contributed by atoms with Crippen LogP contribution < -0.4 is 0 Å². The highest BCUT2D eigenvalue weighted by Crippen LogP contribution is 2.20. The summed E-state index contributed by atoms with van der Waals surface area (Å²) in [6.45, 7) is 0. The smallest absolute Gasteiger partial charge is 0.150 e. The van der Waals surface area contributed by atoms with Crippen molar-refractivity contribution in [1.82, 2.24) is 0 Å². The maximum absolute atomic E-state index is 11.2. The number of rotatable bonds is 3. The second kappa shape index (κ2) is 5.06. The lowest BCUT2D eigenvalue weighted by molar-refractivity contribution is 0.112. The van der Waals surface area contributed by atoms with Crippen LogP contribution in [0, 0.1) is 0 Å². The summed E-state index contributed by atoms with van der Waals surface area (Å²) in [5.41, 5.74) is 2.76. The second-order valence-corrected chi connectivity index (χ2v) is 5.10. The Morgan fingerprint density at radius 1 is 0.882 bits per heavy atom. The van der Waals surface area contributed by atoms with E-state index in [0.717, 1.165) is 22.3 Å². The van der Waals surface area contributed by atoms with Crippen molar-refractivity contribution in [2.24, 2.45) is 0 Å². The van der Waals surface area contributed by atoms with Gasteiger partial charge in [0.1, 0.15) is 6.29 Å². The van der Waals surface area contributed by atoms with Gasteiger partial charge in [0, 0.05) is 27.5 Å². The number of hydrogen-bond acceptors (Lipinski definition) is 2. The number of benzene rings is 2. The van der Waals surface area contributed by atoms with Crippen molar-refractivity contribution >= 4 is 17.1 Å². The van der Waals surface area contributed by atoms with E-state index in [1.807, 2.05) is 36.4 Å². The maximum Gasteiger partial charge on any atom is 0.150 e. The first-order chi connectivity index (χ1) is 8.20. The normalized spacial score (nSPS) is 12.1. The van der Waals surface area contributed by atoms with E-state index in [4.69, 9.17) is 0 Å². The molecule has 0 saturated carbocycles. The van der Waals surface area contributed by atoms with Crippen LogP contribution in [0.5, 0.6) is 0 Å². The Hall–Kier alpha value is -1.74. The number of hydrogen-bond donors (Lipinski definition) is 0. The molecule has 0 radical (unpaired) electrons. The summed E-state index contributed by atoms with van der Waals surface area (Å²) in [5.74, 6) is 0. The van der Waals surface area contributed by atoms with Gasteiger partial charge in [0.15, 0.2) is 0 Å². The average molecular weight is 244 g/mol. The fourth-order valence-electron chi connectivity index (χ4n) is 1.59. The summed E-state index contributed by atoms with van der Waals surface area (Å²) in [6.07, 6.45) is 2.49. The first-order valence-electron chi connectivity index (χ1n) is 5.20. The summed E-state index contributed by atoms with van der Waals surface area (Å²) in [6, 6.07) is 15.0. The standard InChI is InChI=1S/C14H12O2S/c1-17(16)14-8-6-13(7-9-14)12-4-2-11(10-15)3-5-12/h2-10H,1H3. The van der Waals surface area contributed by atoms with Crippen molar-refractivity contribution in [2.45, 2.75) is 4.90 Å². The molecule has 86 valence electrons. The zero-order valence-electron chi connectivity index (χ0n) is 9.42. The van der Waals surface area contributed by atoms with Crippen LogP contribution in [-0.2, 0) is 10.8 Å². The van der Waals surface area contributed by atoms with Crippen molar-refractivity contribution < 1.29 is 9.00 Å². The zero-order valence-corrected chi connectivity index (χ0v) is 10.2. The highest BCUT2D eigenvalue weighted by Gasteiger charge is 2.00. The lowest BCUT2D eigenvalue weighted by Gasteiger charge is -2.03. The van der Waals surface area contributed by atoms with Gasteiger partial charge in [-0.15, -0.1) is 0 Å². The number of aldehydes is 1. The Morgan fingerprint density at radius 3 is 1.76 bits per heavy atom. The van der Waals surface area contributed by atoms with E-state index >= 15 is 0 Å². The first kappa shape index (κ1) is 11.7. The molecular formula is C14H12O2S. The van der Waals surface area contributed by atoms with Crippen LogP contribution >= 0.6 is 0 Å². The van der Waals surface area contributed by atoms with Gasteiger partial charge >= 0.3 is 0 Å². The molecule has 0 aliphatic heterocycles. The Bertz CT molecular complexity index is 541. The summed E-state index contributed by atoms with van der Waals surface area (Å²) < 4.78 is 11.2. The van der Waals surface area contributed by atoms with E-state index in [1.54, 1.807) is 18.4 Å². The van der Waals surface area contributed by atoms with Gasteiger partial charge in [-0.2, -0.15) is 0 Å². The SMILES string of the molecule is CS(=O)c1ccc(-c2ccc(C=O)cc2)cc1. The van der Waals surface area contributed by atoms with E-state index < -0.39 is 10.8 Å². The Kier molecular flexibility index (Phi) is 3.49. The van der Waals surface area contributed by atoms with Crippen molar-refractivity contribution in [1.29, 1.82) is 0 Å². The van der Waals surface area contributed by atoms with Gasteiger partial charge < -0.3 is 0 Å². The van der Waals surface area contributed by atoms with Crippen molar-refractivity contribution in [3.8, 4) is 11.1 Å². The van der Waals surface area contributed by atoms with Gasteiger partial charge in [0.05, 0.1) is 0 Å². The molecule has 0 amide bonds. The fourth-order valence-corrected chi connectivity index (χ4v) is 2.11. The third kappa shape index (κ3) is 2.68. The van der Waals surface area contributed by atoms with Crippen molar-refractivity contribution in [2.75, 3.05) is 6.26 Å². The fraction of sp³-hybridized carbons (Fsp3) is 0.0714.